The van der Waals surface area contributed by atoms with E-state index >= 15 is 0 Å². The lowest BCUT2D eigenvalue weighted by atomic mass is 9.78. The van der Waals surface area contributed by atoms with E-state index in [1.165, 1.54) is 42.8 Å². The number of hydrogen-bond acceptors (Lipinski definition) is 4. The second-order valence-electron chi connectivity index (χ2n) is 5.86. The molecule has 0 spiro atoms. The third-order valence-electron chi connectivity index (χ3n) is 4.43. The minimum atomic E-state index is 0.776. The first kappa shape index (κ1) is 12.6. The fourth-order valence-corrected chi connectivity index (χ4v) is 3.64. The van der Waals surface area contributed by atoms with Gasteiger partial charge in [0.15, 0.2) is 0 Å². The Bertz CT molecular complexity index is 399. The summed E-state index contributed by atoms with van der Waals surface area (Å²) in [5.41, 5.74) is 3.17. The molecule has 0 aromatic carbocycles. The monoisotopic (exact) mass is 265 g/mol. The summed E-state index contributed by atoms with van der Waals surface area (Å²) in [6.45, 7) is 4.41. The summed E-state index contributed by atoms with van der Waals surface area (Å²) in [5, 5.41) is 3.68. The van der Waals surface area contributed by atoms with Crippen LogP contribution in [0.25, 0.3) is 0 Å². The zero-order chi connectivity index (χ0) is 12.5. The van der Waals surface area contributed by atoms with Crippen molar-refractivity contribution in [1.29, 1.82) is 0 Å². The summed E-state index contributed by atoms with van der Waals surface area (Å²) in [6.07, 6.45) is 5.56. The minimum absolute atomic E-state index is 0.776. The first-order chi connectivity index (χ1) is 8.74. The highest BCUT2D eigenvalue weighted by Crippen LogP contribution is 2.33. The van der Waals surface area contributed by atoms with Crippen LogP contribution in [-0.2, 0) is 6.54 Å². The van der Waals surface area contributed by atoms with E-state index in [2.05, 4.69) is 29.2 Å². The molecule has 3 nitrogen and oxygen atoms in total. The predicted molar refractivity (Wildman–Crippen MR) is 75.9 cm³/mol. The summed E-state index contributed by atoms with van der Waals surface area (Å²) in [4.78, 5) is 8.30. The molecule has 1 aromatic heterocycles. The van der Waals surface area contributed by atoms with E-state index in [1.54, 1.807) is 11.3 Å². The number of rotatable bonds is 6. The molecule has 3 rings (SSSR count). The predicted octanol–water partition coefficient (Wildman–Crippen LogP) is 2.41. The summed E-state index contributed by atoms with van der Waals surface area (Å²) in [5.74, 6) is 0.865. The fraction of sp³-hybridized carbons (Fsp3) is 0.786. The van der Waals surface area contributed by atoms with E-state index < -0.39 is 0 Å². The van der Waals surface area contributed by atoms with Crippen LogP contribution in [-0.4, -0.2) is 35.6 Å². The quantitative estimate of drug-likeness (QED) is 0.856. The van der Waals surface area contributed by atoms with Gasteiger partial charge in [0.25, 0.3) is 0 Å². The second kappa shape index (κ2) is 5.27. The molecule has 0 amide bonds. The van der Waals surface area contributed by atoms with Crippen LogP contribution in [0.5, 0.6) is 0 Å². The van der Waals surface area contributed by atoms with Gasteiger partial charge in [-0.25, -0.2) is 4.98 Å². The van der Waals surface area contributed by atoms with Gasteiger partial charge in [0.05, 0.1) is 11.2 Å². The van der Waals surface area contributed by atoms with Crippen molar-refractivity contribution < 1.29 is 0 Å². The Labute approximate surface area is 114 Å². The molecule has 2 saturated carbocycles. The molecule has 2 atom stereocenters. The molecule has 1 N–H and O–H groups in total. The van der Waals surface area contributed by atoms with Crippen molar-refractivity contribution in [2.45, 2.75) is 51.2 Å². The lowest BCUT2D eigenvalue weighted by Gasteiger charge is -2.43. The van der Waals surface area contributed by atoms with Gasteiger partial charge < -0.3 is 5.32 Å². The topological polar surface area (TPSA) is 28.2 Å². The Kier molecular flexibility index (Phi) is 3.68. The van der Waals surface area contributed by atoms with Gasteiger partial charge in [0, 0.05) is 23.5 Å². The van der Waals surface area contributed by atoms with E-state index in [9.17, 15) is 0 Å². The average Bonchev–Trinajstić information content (AvgIpc) is 3.03. The maximum atomic E-state index is 4.34. The molecule has 1 heterocycles. The molecule has 1 aromatic rings. The Hall–Kier alpha value is -0.450. The van der Waals surface area contributed by atoms with Crippen molar-refractivity contribution in [3.8, 4) is 0 Å². The van der Waals surface area contributed by atoms with E-state index in [0.717, 1.165) is 24.5 Å². The van der Waals surface area contributed by atoms with Crippen molar-refractivity contribution in [3.05, 3.63) is 16.1 Å². The van der Waals surface area contributed by atoms with Crippen molar-refractivity contribution in [3.63, 3.8) is 0 Å². The van der Waals surface area contributed by atoms with E-state index in [1.807, 2.05) is 5.51 Å². The normalized spacial score (nSPS) is 27.5. The van der Waals surface area contributed by atoms with Gasteiger partial charge in [-0.05, 0) is 52.1 Å². The van der Waals surface area contributed by atoms with Gasteiger partial charge in [0.1, 0.15) is 0 Å². The van der Waals surface area contributed by atoms with Crippen LogP contribution in [0.15, 0.2) is 5.51 Å². The molecule has 0 saturated heterocycles. The van der Waals surface area contributed by atoms with E-state index in [0.29, 0.717) is 0 Å². The Morgan fingerprint density at radius 1 is 1.39 bits per heavy atom. The zero-order valence-corrected chi connectivity index (χ0v) is 12.2. The number of thiazole rings is 1. The van der Waals surface area contributed by atoms with Crippen LogP contribution in [0.4, 0.5) is 0 Å². The average molecular weight is 265 g/mol. The smallest absolute Gasteiger partial charge is 0.0798 e. The van der Waals surface area contributed by atoms with Crippen molar-refractivity contribution >= 4 is 11.3 Å². The summed E-state index contributed by atoms with van der Waals surface area (Å²) < 4.78 is 0. The van der Waals surface area contributed by atoms with Gasteiger partial charge in [0.2, 0.25) is 0 Å². The molecular weight excluding hydrogens is 242 g/mol. The highest BCUT2D eigenvalue weighted by atomic mass is 32.1. The SMILES string of the molecule is Cc1ncsc1CN(C)C1CCC1CNC1CC1. The fourth-order valence-electron chi connectivity index (χ4n) is 2.80. The van der Waals surface area contributed by atoms with Crippen LogP contribution < -0.4 is 5.32 Å². The lowest BCUT2D eigenvalue weighted by Crippen LogP contribution is -2.48. The first-order valence-corrected chi connectivity index (χ1v) is 7.94. The van der Waals surface area contributed by atoms with Crippen molar-refractivity contribution in [2.24, 2.45) is 5.92 Å². The van der Waals surface area contributed by atoms with Gasteiger partial charge in [-0.15, -0.1) is 11.3 Å². The summed E-state index contributed by atoms with van der Waals surface area (Å²) >= 11 is 1.79. The standard InChI is InChI=1S/C14H23N3S/c1-10-14(18-9-16-10)8-17(2)13-6-3-11(13)7-15-12-4-5-12/h9,11-13,15H,3-8H2,1-2H3. The summed E-state index contributed by atoms with van der Waals surface area (Å²) in [6, 6.07) is 1.62. The number of nitrogens with zero attached hydrogens (tertiary/aromatic N) is 2. The molecule has 18 heavy (non-hydrogen) atoms. The Morgan fingerprint density at radius 2 is 2.22 bits per heavy atom. The molecule has 2 aliphatic rings. The van der Waals surface area contributed by atoms with Crippen LogP contribution in [0.3, 0.4) is 0 Å². The third kappa shape index (κ3) is 2.76. The van der Waals surface area contributed by atoms with E-state index in [4.69, 9.17) is 0 Å². The zero-order valence-electron chi connectivity index (χ0n) is 11.4. The van der Waals surface area contributed by atoms with Crippen molar-refractivity contribution in [2.75, 3.05) is 13.6 Å². The van der Waals surface area contributed by atoms with Crippen LogP contribution in [0.1, 0.15) is 36.3 Å². The van der Waals surface area contributed by atoms with Gasteiger partial charge in [-0.3, -0.25) is 4.90 Å². The van der Waals surface area contributed by atoms with E-state index in [-0.39, 0.29) is 0 Å². The van der Waals surface area contributed by atoms with Gasteiger partial charge in [-0.2, -0.15) is 0 Å². The van der Waals surface area contributed by atoms with Crippen molar-refractivity contribution in [1.82, 2.24) is 15.2 Å². The van der Waals surface area contributed by atoms with Gasteiger partial charge in [-0.1, -0.05) is 0 Å². The highest BCUT2D eigenvalue weighted by Gasteiger charge is 2.35. The maximum Gasteiger partial charge on any atom is 0.0798 e. The molecule has 0 aliphatic heterocycles. The highest BCUT2D eigenvalue weighted by molar-refractivity contribution is 7.09. The number of hydrogen-bond donors (Lipinski definition) is 1. The summed E-state index contributed by atoms with van der Waals surface area (Å²) in [7, 11) is 2.27. The lowest BCUT2D eigenvalue weighted by molar-refractivity contribution is 0.0784. The van der Waals surface area contributed by atoms with Crippen LogP contribution in [0, 0.1) is 12.8 Å². The number of aryl methyl sites for hydroxylation is 1. The molecule has 0 bridgehead atoms. The molecule has 2 fully saturated rings. The van der Waals surface area contributed by atoms with Crippen LogP contribution in [0.2, 0.25) is 0 Å². The van der Waals surface area contributed by atoms with Gasteiger partial charge >= 0.3 is 0 Å². The first-order valence-electron chi connectivity index (χ1n) is 7.06. The molecule has 100 valence electrons. The molecule has 0 radical (unpaired) electrons. The minimum Gasteiger partial charge on any atom is -0.314 e. The molecule has 2 aliphatic carbocycles. The molecular formula is C14H23N3S. The van der Waals surface area contributed by atoms with Crippen LogP contribution >= 0.6 is 11.3 Å². The Morgan fingerprint density at radius 3 is 2.78 bits per heavy atom. The number of nitrogens with one attached hydrogen (secondary N) is 1. The number of aromatic nitrogens is 1. The molecule has 4 heteroatoms. The maximum absolute atomic E-state index is 4.34. The Balaban J connectivity index is 1.49. The second-order valence-corrected chi connectivity index (χ2v) is 6.80. The largest absolute Gasteiger partial charge is 0.314 e. The molecule has 2 unspecified atom stereocenters. The third-order valence-corrected chi connectivity index (χ3v) is 5.35.